The number of hydrogen-bond acceptors (Lipinski definition) is 6. The van der Waals surface area contributed by atoms with Gasteiger partial charge in [0.25, 0.3) is 0 Å². The fraction of sp³-hybridized carbons (Fsp3) is 0.818. The average molecular weight is 240 g/mol. The quantitative estimate of drug-likeness (QED) is 0.725. The zero-order chi connectivity index (χ0) is 11.9. The fourth-order valence-electron chi connectivity index (χ4n) is 2.03. The average Bonchev–Trinajstić information content (AvgIpc) is 2.85. The zero-order valence-electron chi connectivity index (χ0n) is 10.0. The number of ether oxygens (including phenoxy) is 1. The summed E-state index contributed by atoms with van der Waals surface area (Å²) < 4.78 is 10.5. The SMILES string of the molecule is NCCCOC1CCN(Cc2ncon2)CC1. The highest BCUT2D eigenvalue weighted by Crippen LogP contribution is 2.15. The Morgan fingerprint density at radius 2 is 2.29 bits per heavy atom. The molecule has 0 radical (unpaired) electrons. The van der Waals surface area contributed by atoms with Crippen LogP contribution in [0.15, 0.2) is 10.9 Å². The Hall–Kier alpha value is -0.980. The number of rotatable bonds is 6. The van der Waals surface area contributed by atoms with Crippen LogP contribution in [0.3, 0.4) is 0 Å². The number of nitrogens with two attached hydrogens (primary N) is 1. The van der Waals surface area contributed by atoms with Crippen molar-refractivity contribution in [2.45, 2.75) is 31.9 Å². The molecule has 0 aliphatic carbocycles. The van der Waals surface area contributed by atoms with Gasteiger partial charge in [0.2, 0.25) is 6.39 Å². The maximum absolute atomic E-state index is 5.75. The van der Waals surface area contributed by atoms with Crippen LogP contribution in [0.2, 0.25) is 0 Å². The van der Waals surface area contributed by atoms with Crippen LogP contribution in [0, 0.1) is 0 Å². The summed E-state index contributed by atoms with van der Waals surface area (Å²) in [4.78, 5) is 6.35. The van der Waals surface area contributed by atoms with Crippen molar-refractivity contribution in [3.05, 3.63) is 12.2 Å². The third-order valence-corrected chi connectivity index (χ3v) is 3.01. The summed E-state index contributed by atoms with van der Waals surface area (Å²) in [6.45, 7) is 4.32. The van der Waals surface area contributed by atoms with E-state index in [1.807, 2.05) is 0 Å². The van der Waals surface area contributed by atoms with Crippen LogP contribution in [0.5, 0.6) is 0 Å². The predicted molar refractivity (Wildman–Crippen MR) is 62.2 cm³/mol. The number of hydrogen-bond donors (Lipinski definition) is 1. The first-order valence-electron chi connectivity index (χ1n) is 6.18. The summed E-state index contributed by atoms with van der Waals surface area (Å²) in [6.07, 6.45) is 4.86. The van der Waals surface area contributed by atoms with Crippen molar-refractivity contribution in [1.29, 1.82) is 0 Å². The van der Waals surface area contributed by atoms with Crippen LogP contribution >= 0.6 is 0 Å². The molecule has 1 aliphatic rings. The smallest absolute Gasteiger partial charge is 0.213 e. The Balaban J connectivity index is 1.64. The molecule has 2 heterocycles. The number of aromatic nitrogens is 2. The minimum Gasteiger partial charge on any atom is -0.378 e. The molecule has 0 saturated carbocycles. The second kappa shape index (κ2) is 6.68. The number of nitrogens with zero attached hydrogens (tertiary/aromatic N) is 3. The van der Waals surface area contributed by atoms with Gasteiger partial charge in [-0.2, -0.15) is 4.98 Å². The maximum atomic E-state index is 5.75. The second-order valence-electron chi connectivity index (χ2n) is 4.34. The van der Waals surface area contributed by atoms with Gasteiger partial charge in [-0.15, -0.1) is 0 Å². The lowest BCUT2D eigenvalue weighted by Gasteiger charge is -2.30. The van der Waals surface area contributed by atoms with Crippen molar-refractivity contribution in [2.24, 2.45) is 5.73 Å². The predicted octanol–water partition coefficient (Wildman–Crippen LogP) is 0.399. The van der Waals surface area contributed by atoms with Crippen molar-refractivity contribution in [2.75, 3.05) is 26.2 Å². The van der Waals surface area contributed by atoms with Gasteiger partial charge in [-0.25, -0.2) is 0 Å². The molecule has 0 aromatic carbocycles. The highest BCUT2D eigenvalue weighted by molar-refractivity contribution is 4.81. The highest BCUT2D eigenvalue weighted by atomic mass is 16.5. The van der Waals surface area contributed by atoms with Crippen LogP contribution in [-0.2, 0) is 11.3 Å². The molecule has 0 spiro atoms. The van der Waals surface area contributed by atoms with E-state index in [9.17, 15) is 0 Å². The minimum absolute atomic E-state index is 0.392. The molecule has 0 bridgehead atoms. The number of piperidine rings is 1. The van der Waals surface area contributed by atoms with E-state index >= 15 is 0 Å². The third-order valence-electron chi connectivity index (χ3n) is 3.01. The van der Waals surface area contributed by atoms with E-state index in [4.69, 9.17) is 15.0 Å². The first-order chi connectivity index (χ1) is 8.38. The molecule has 0 atom stereocenters. The zero-order valence-corrected chi connectivity index (χ0v) is 10.0. The molecule has 96 valence electrons. The molecule has 1 aliphatic heterocycles. The second-order valence-corrected chi connectivity index (χ2v) is 4.34. The molecule has 0 amide bonds. The molecular weight excluding hydrogens is 220 g/mol. The summed E-state index contributed by atoms with van der Waals surface area (Å²) in [7, 11) is 0. The Labute approximate surface area is 101 Å². The van der Waals surface area contributed by atoms with Crippen LogP contribution in [0.25, 0.3) is 0 Å². The van der Waals surface area contributed by atoms with E-state index in [1.165, 1.54) is 6.39 Å². The van der Waals surface area contributed by atoms with E-state index in [2.05, 4.69) is 15.0 Å². The molecule has 2 rings (SSSR count). The van der Waals surface area contributed by atoms with E-state index in [-0.39, 0.29) is 0 Å². The van der Waals surface area contributed by atoms with E-state index < -0.39 is 0 Å². The van der Waals surface area contributed by atoms with Gasteiger partial charge in [-0.05, 0) is 25.8 Å². The van der Waals surface area contributed by atoms with Crippen LogP contribution in [0.4, 0.5) is 0 Å². The van der Waals surface area contributed by atoms with Gasteiger partial charge in [0.1, 0.15) is 0 Å². The van der Waals surface area contributed by atoms with Crippen LogP contribution in [0.1, 0.15) is 25.1 Å². The van der Waals surface area contributed by atoms with Gasteiger partial charge >= 0.3 is 0 Å². The lowest BCUT2D eigenvalue weighted by molar-refractivity contribution is 0.00505. The van der Waals surface area contributed by atoms with Gasteiger partial charge in [0, 0.05) is 19.7 Å². The van der Waals surface area contributed by atoms with Crippen LogP contribution in [-0.4, -0.2) is 47.4 Å². The fourth-order valence-corrected chi connectivity index (χ4v) is 2.03. The standard InChI is InChI=1S/C11H20N4O2/c12-4-1-7-16-10-2-5-15(6-3-10)8-11-13-9-17-14-11/h9-10H,1-8,12H2. The normalized spacial score (nSPS) is 18.6. The van der Waals surface area contributed by atoms with Crippen LogP contribution < -0.4 is 5.73 Å². The monoisotopic (exact) mass is 240 g/mol. The van der Waals surface area contributed by atoms with E-state index in [0.29, 0.717) is 12.6 Å². The molecule has 17 heavy (non-hydrogen) atoms. The van der Waals surface area contributed by atoms with E-state index in [1.54, 1.807) is 0 Å². The Morgan fingerprint density at radius 3 is 2.94 bits per heavy atom. The third kappa shape index (κ3) is 4.07. The molecule has 1 fully saturated rings. The summed E-state index contributed by atoms with van der Waals surface area (Å²) >= 11 is 0. The Bertz CT molecular complexity index is 296. The van der Waals surface area contributed by atoms with E-state index in [0.717, 1.165) is 51.3 Å². The summed E-state index contributed by atoms with van der Waals surface area (Å²) in [5.74, 6) is 0.757. The maximum Gasteiger partial charge on any atom is 0.213 e. The lowest BCUT2D eigenvalue weighted by atomic mass is 10.1. The molecule has 6 nitrogen and oxygen atoms in total. The van der Waals surface area contributed by atoms with Crippen molar-refractivity contribution < 1.29 is 9.26 Å². The van der Waals surface area contributed by atoms with Gasteiger partial charge < -0.3 is 15.0 Å². The topological polar surface area (TPSA) is 77.4 Å². The van der Waals surface area contributed by atoms with Gasteiger partial charge in [0.05, 0.1) is 12.6 Å². The molecule has 1 aromatic heterocycles. The van der Waals surface area contributed by atoms with Crippen molar-refractivity contribution in [3.63, 3.8) is 0 Å². The highest BCUT2D eigenvalue weighted by Gasteiger charge is 2.20. The summed E-state index contributed by atoms with van der Waals surface area (Å²) in [5.41, 5.74) is 5.43. The summed E-state index contributed by atoms with van der Waals surface area (Å²) in [6, 6.07) is 0. The Kier molecular flexibility index (Phi) is 4.90. The van der Waals surface area contributed by atoms with Crippen molar-refractivity contribution >= 4 is 0 Å². The minimum atomic E-state index is 0.392. The first kappa shape index (κ1) is 12.5. The molecule has 1 aromatic rings. The molecular formula is C11H20N4O2. The van der Waals surface area contributed by atoms with Gasteiger partial charge in [-0.3, -0.25) is 4.90 Å². The van der Waals surface area contributed by atoms with Crippen molar-refractivity contribution in [3.8, 4) is 0 Å². The first-order valence-corrected chi connectivity index (χ1v) is 6.18. The molecule has 1 saturated heterocycles. The molecule has 2 N–H and O–H groups in total. The number of likely N-dealkylation sites (tertiary alicyclic amines) is 1. The van der Waals surface area contributed by atoms with Gasteiger partial charge in [0.15, 0.2) is 5.82 Å². The molecule has 0 unspecified atom stereocenters. The summed E-state index contributed by atoms with van der Waals surface area (Å²) in [5, 5.41) is 3.82. The molecule has 6 heteroatoms. The van der Waals surface area contributed by atoms with Gasteiger partial charge in [-0.1, -0.05) is 5.16 Å². The Morgan fingerprint density at radius 1 is 1.47 bits per heavy atom. The lowest BCUT2D eigenvalue weighted by Crippen LogP contribution is -2.37. The largest absolute Gasteiger partial charge is 0.378 e. The van der Waals surface area contributed by atoms with Crippen molar-refractivity contribution in [1.82, 2.24) is 15.0 Å².